The number of amides is 2. The van der Waals surface area contributed by atoms with Crippen molar-refractivity contribution in [3.63, 3.8) is 0 Å². The van der Waals surface area contributed by atoms with Gasteiger partial charge in [0.05, 0.1) is 11.4 Å². The lowest BCUT2D eigenvalue weighted by atomic mass is 10.1. The van der Waals surface area contributed by atoms with Gasteiger partial charge in [-0.15, -0.1) is 0 Å². The number of carbonyl (C=O) groups excluding carboxylic acids is 3. The molecule has 0 aromatic rings. The van der Waals surface area contributed by atoms with Crippen molar-refractivity contribution >= 4 is 40.1 Å². The maximum absolute atomic E-state index is 11.7. The van der Waals surface area contributed by atoms with Crippen molar-refractivity contribution in [2.75, 3.05) is 31.6 Å². The Morgan fingerprint density at radius 2 is 1.21 bits per heavy atom. The van der Waals surface area contributed by atoms with E-state index in [1.54, 1.807) is 47.6 Å². The molecule has 0 bridgehead atoms. The predicted octanol–water partition coefficient (Wildman–Crippen LogP) is 7.12. The molecule has 0 aromatic carbocycles. The molecule has 0 aliphatic carbocycles. The second kappa shape index (κ2) is 32.4. The molecule has 0 saturated heterocycles. The van der Waals surface area contributed by atoms with Gasteiger partial charge in [0.15, 0.2) is 6.61 Å². The zero-order valence-electron chi connectivity index (χ0n) is 32.4. The van der Waals surface area contributed by atoms with E-state index in [4.69, 9.17) is 36.2 Å². The minimum absolute atomic E-state index is 0.174. The Hall–Kier alpha value is -4.48. The highest BCUT2D eigenvalue weighted by molar-refractivity contribution is 9.09. The van der Waals surface area contributed by atoms with Crippen molar-refractivity contribution < 1.29 is 38.5 Å². The number of alkyl halides is 1. The number of azide groups is 2. The Labute approximate surface area is 316 Å². The van der Waals surface area contributed by atoms with Crippen LogP contribution in [0.2, 0.25) is 0 Å². The van der Waals surface area contributed by atoms with Gasteiger partial charge in [-0.05, 0) is 113 Å². The van der Waals surface area contributed by atoms with Gasteiger partial charge in [-0.3, -0.25) is 4.90 Å². The van der Waals surface area contributed by atoms with Crippen LogP contribution in [0.4, 0.5) is 9.59 Å². The molecular formula is C32H58BrN11O8. The lowest BCUT2D eigenvalue weighted by Gasteiger charge is -2.28. The highest BCUT2D eigenvalue weighted by Crippen LogP contribution is 2.09. The topological polar surface area (TPSA) is 289 Å². The first-order chi connectivity index (χ1) is 24.1. The van der Waals surface area contributed by atoms with Crippen LogP contribution in [0.25, 0.3) is 20.9 Å². The zero-order valence-corrected chi connectivity index (χ0v) is 34.0. The number of ether oxygens (including phenoxy) is 3. The van der Waals surface area contributed by atoms with Crippen molar-refractivity contribution in [2.24, 2.45) is 10.2 Å². The van der Waals surface area contributed by atoms with Crippen LogP contribution in [0.15, 0.2) is 10.2 Å². The average molecular weight is 805 g/mol. The number of carbonyl (C=O) groups is 4. The third-order valence-electron chi connectivity index (χ3n) is 5.62. The number of rotatable bonds is 16. The average Bonchev–Trinajstić information content (AvgIpc) is 3.01. The van der Waals surface area contributed by atoms with Crippen LogP contribution < -0.4 is 10.6 Å². The van der Waals surface area contributed by atoms with E-state index < -0.39 is 54.0 Å². The van der Waals surface area contributed by atoms with E-state index in [1.807, 2.05) is 6.07 Å². The molecule has 0 aliphatic rings. The number of alkyl carbamates (subject to hydrolysis) is 2. The van der Waals surface area contributed by atoms with Crippen molar-refractivity contribution in [1.29, 1.82) is 10.5 Å². The Morgan fingerprint density at radius 1 is 0.827 bits per heavy atom. The highest BCUT2D eigenvalue weighted by Gasteiger charge is 2.25. The first kappa shape index (κ1) is 54.3. The quantitative estimate of drug-likeness (QED) is 0.0268. The summed E-state index contributed by atoms with van der Waals surface area (Å²) < 4.78 is 14.7. The molecule has 0 aliphatic heterocycles. The predicted molar refractivity (Wildman–Crippen MR) is 199 cm³/mol. The van der Waals surface area contributed by atoms with Crippen LogP contribution in [0.1, 0.15) is 102 Å². The van der Waals surface area contributed by atoms with E-state index >= 15 is 0 Å². The summed E-state index contributed by atoms with van der Waals surface area (Å²) in [5.41, 5.74) is 14.9. The Kier molecular flexibility index (Phi) is 33.9. The highest BCUT2D eigenvalue weighted by atomic mass is 79.9. The summed E-state index contributed by atoms with van der Waals surface area (Å²) in [5.74, 6) is -1.88. The maximum Gasteiger partial charge on any atom is 0.408 e. The molecule has 0 rings (SSSR count). The monoisotopic (exact) mass is 803 g/mol. The molecule has 0 saturated carbocycles. The number of hydrogen-bond acceptors (Lipinski definition) is 12. The van der Waals surface area contributed by atoms with Crippen LogP contribution >= 0.6 is 15.9 Å². The van der Waals surface area contributed by atoms with E-state index in [9.17, 15) is 19.2 Å². The van der Waals surface area contributed by atoms with Crippen molar-refractivity contribution in [3.05, 3.63) is 20.9 Å². The van der Waals surface area contributed by atoms with E-state index in [0.717, 1.165) is 6.54 Å². The van der Waals surface area contributed by atoms with Crippen LogP contribution in [-0.4, -0.2) is 101 Å². The Morgan fingerprint density at radius 3 is 1.48 bits per heavy atom. The first-order valence-corrected chi connectivity index (χ1v) is 17.6. The fourth-order valence-corrected chi connectivity index (χ4v) is 3.76. The van der Waals surface area contributed by atoms with Gasteiger partial charge in [0.1, 0.15) is 29.4 Å². The molecule has 0 fully saturated rings. The molecule has 3 N–H and O–H groups in total. The van der Waals surface area contributed by atoms with E-state index in [2.05, 4.69) is 90.9 Å². The number of carboxylic acids is 1. The second-order valence-electron chi connectivity index (χ2n) is 13.0. The zero-order chi connectivity index (χ0) is 41.3. The van der Waals surface area contributed by atoms with Gasteiger partial charge < -0.3 is 30.0 Å². The summed E-state index contributed by atoms with van der Waals surface area (Å²) in [4.78, 5) is 53.2. The van der Waals surface area contributed by atoms with Crippen molar-refractivity contribution in [1.82, 2.24) is 15.5 Å². The van der Waals surface area contributed by atoms with Crippen LogP contribution in [0, 0.1) is 22.7 Å². The van der Waals surface area contributed by atoms with Gasteiger partial charge >= 0.3 is 24.1 Å². The molecule has 0 spiro atoms. The number of esters is 1. The minimum atomic E-state index is -1.15. The van der Waals surface area contributed by atoms with Crippen LogP contribution in [-0.2, 0) is 23.8 Å². The molecule has 2 atom stereocenters. The molecule has 2 amide bonds. The molecule has 0 unspecified atom stereocenters. The molecule has 0 heterocycles. The van der Waals surface area contributed by atoms with Gasteiger partial charge in [-0.25, -0.2) is 19.2 Å². The molecule has 0 radical (unpaired) electrons. The van der Waals surface area contributed by atoms with Gasteiger partial charge in [0.2, 0.25) is 0 Å². The molecule has 0 aromatic heterocycles. The summed E-state index contributed by atoms with van der Waals surface area (Å²) in [6.07, 6.45) is -0.400. The number of carboxylic acid groups (broad SMARTS) is 1. The summed E-state index contributed by atoms with van der Waals surface area (Å²) in [6.45, 7) is 22.4. The number of nitrogens with zero attached hydrogens (tertiary/aromatic N) is 9. The SMILES string of the molecule is CC(C)(C)OC(=O)N[C@@H](CCCN=[N+]=[N-])C(=O)O.CC(C)(C)OC(=O)N[C@@H](CCCN=[N+]=[N-])C(=O)OCC#N.CCN(C(C)C)C(C)C.N#CCBr. The normalized spacial score (nSPS) is 11.3. The largest absolute Gasteiger partial charge is 0.480 e. The first-order valence-electron chi connectivity index (χ1n) is 16.5. The Bertz CT molecular complexity index is 1200. The smallest absolute Gasteiger partial charge is 0.408 e. The molecule has 19 nitrogen and oxygen atoms in total. The molecule has 20 heteroatoms. The number of nitriles is 2. The lowest BCUT2D eigenvalue weighted by Crippen LogP contribution is -2.44. The van der Waals surface area contributed by atoms with Crippen molar-refractivity contribution in [2.45, 2.75) is 137 Å². The van der Waals surface area contributed by atoms with E-state index in [1.165, 1.54) is 0 Å². The third-order valence-corrected chi connectivity index (χ3v) is 5.87. The van der Waals surface area contributed by atoms with E-state index in [-0.39, 0.29) is 25.9 Å². The summed E-state index contributed by atoms with van der Waals surface area (Å²) in [6, 6.07) is 2.89. The second-order valence-corrected chi connectivity index (χ2v) is 13.6. The minimum Gasteiger partial charge on any atom is -0.480 e. The van der Waals surface area contributed by atoms with E-state index in [0.29, 0.717) is 30.3 Å². The third kappa shape index (κ3) is 38.3. The fraction of sp³-hybridized carbons (Fsp3) is 0.812. The Balaban J connectivity index is -0.000000334. The van der Waals surface area contributed by atoms with Crippen LogP contribution in [0.5, 0.6) is 0 Å². The van der Waals surface area contributed by atoms with Gasteiger partial charge in [-0.2, -0.15) is 10.5 Å². The van der Waals surface area contributed by atoms with Gasteiger partial charge in [-0.1, -0.05) is 33.1 Å². The number of halogens is 1. The number of aliphatic carboxylic acids is 1. The number of nitrogens with one attached hydrogen (secondary N) is 2. The fourth-order valence-electron chi connectivity index (χ4n) is 3.76. The standard InChI is InChI=1S/C12H19N5O4.C10H18N4O4.C8H19N.C2H2BrN/c1-12(2,3)21-11(19)16-9(5-4-7-15-17-14)10(18)20-8-6-13;1-10(2,3)18-9(17)13-7(8(15)16)5-4-6-12-14-11;1-6-9(7(2)3)8(4)5;3-1-2-4/h9H,4-5,7-8H2,1-3H3,(H,16,19);7H,4-6H2,1-3H3,(H,13,17)(H,15,16);7-8H,6H2,1-5H3;1H2/t9-;7-;;/m00../s1. The number of hydrogen-bond donors (Lipinski definition) is 3. The summed E-state index contributed by atoms with van der Waals surface area (Å²) in [5, 5.41) is 36.6. The molecule has 52 heavy (non-hydrogen) atoms. The lowest BCUT2D eigenvalue weighted by molar-refractivity contribution is -0.145. The molecular weight excluding hydrogens is 746 g/mol. The van der Waals surface area contributed by atoms with Crippen LogP contribution in [0.3, 0.4) is 0 Å². The van der Waals surface area contributed by atoms with Gasteiger partial charge in [0, 0.05) is 35.0 Å². The van der Waals surface area contributed by atoms with Crippen molar-refractivity contribution in [3.8, 4) is 12.1 Å². The van der Waals surface area contributed by atoms with Gasteiger partial charge in [0.25, 0.3) is 0 Å². The summed E-state index contributed by atoms with van der Waals surface area (Å²) >= 11 is 2.89. The molecule has 296 valence electrons. The maximum atomic E-state index is 11.7. The summed E-state index contributed by atoms with van der Waals surface area (Å²) in [7, 11) is 0.